The van der Waals surface area contributed by atoms with Gasteiger partial charge in [-0.3, -0.25) is 4.98 Å². The van der Waals surface area contributed by atoms with E-state index in [1.54, 1.807) is 0 Å². The molecule has 146 valence electrons. The molecule has 1 aliphatic rings. The summed E-state index contributed by atoms with van der Waals surface area (Å²) in [4.78, 5) is 9.72. The van der Waals surface area contributed by atoms with Crippen LogP contribution in [-0.2, 0) is 5.41 Å². The molecule has 0 unspecified atom stereocenters. The Morgan fingerprint density at radius 2 is 1.70 bits per heavy atom. The number of aromatic nitrogens is 2. The minimum atomic E-state index is -0.143. The Balaban J connectivity index is 1.69. The zero-order chi connectivity index (χ0) is 20.6. The number of furan rings is 1. The van der Waals surface area contributed by atoms with E-state index in [1.807, 2.05) is 6.20 Å². The number of aryl methyl sites for hydroxylation is 2. The Kier molecular flexibility index (Phi) is 3.36. The highest BCUT2D eigenvalue weighted by molar-refractivity contribution is 6.10. The van der Waals surface area contributed by atoms with Crippen LogP contribution in [0.1, 0.15) is 36.2 Å². The number of hydrogen-bond acceptors (Lipinski definition) is 3. The fourth-order valence-electron chi connectivity index (χ4n) is 4.87. The zero-order valence-corrected chi connectivity index (χ0v) is 17.6. The maximum absolute atomic E-state index is 6.42. The molecule has 0 saturated carbocycles. The van der Waals surface area contributed by atoms with E-state index in [9.17, 15) is 0 Å². The third-order valence-electron chi connectivity index (χ3n) is 6.49. The van der Waals surface area contributed by atoms with Gasteiger partial charge in [0.1, 0.15) is 5.58 Å². The van der Waals surface area contributed by atoms with E-state index >= 15 is 0 Å². The fraction of sp³-hybridized carbons (Fsp3) is 0.185. The number of benzene rings is 2. The van der Waals surface area contributed by atoms with Crippen LogP contribution in [0, 0.1) is 13.8 Å². The van der Waals surface area contributed by atoms with Crippen molar-refractivity contribution in [2.45, 2.75) is 33.1 Å². The lowest BCUT2D eigenvalue weighted by Gasteiger charge is -2.19. The Morgan fingerprint density at radius 3 is 2.50 bits per heavy atom. The van der Waals surface area contributed by atoms with Gasteiger partial charge in [-0.15, -0.1) is 0 Å². The van der Waals surface area contributed by atoms with Crippen molar-refractivity contribution < 1.29 is 4.42 Å². The lowest BCUT2D eigenvalue weighted by molar-refractivity contribution is 0.615. The molecule has 0 amide bonds. The molecule has 3 heteroatoms. The highest BCUT2D eigenvalue weighted by Gasteiger charge is 2.37. The van der Waals surface area contributed by atoms with Gasteiger partial charge < -0.3 is 4.42 Å². The molecule has 1 aliphatic carbocycles. The maximum atomic E-state index is 6.42. The average molecular weight is 390 g/mol. The molecule has 6 rings (SSSR count). The minimum Gasteiger partial charge on any atom is -0.437 e. The van der Waals surface area contributed by atoms with Crippen LogP contribution in [0.15, 0.2) is 65.2 Å². The Labute approximate surface area is 175 Å². The van der Waals surface area contributed by atoms with Gasteiger partial charge in [0.15, 0.2) is 0 Å². The predicted molar refractivity (Wildman–Crippen MR) is 122 cm³/mol. The van der Waals surface area contributed by atoms with Crippen LogP contribution < -0.4 is 0 Å². The van der Waals surface area contributed by atoms with Crippen LogP contribution in [0.4, 0.5) is 0 Å². The van der Waals surface area contributed by atoms with E-state index in [0.717, 1.165) is 44.4 Å². The number of fused-ring (bicyclic) bond motifs is 6. The van der Waals surface area contributed by atoms with Crippen molar-refractivity contribution in [1.29, 1.82) is 0 Å². The van der Waals surface area contributed by atoms with E-state index in [2.05, 4.69) is 87.3 Å². The number of nitrogens with zero attached hydrogens (tertiary/aromatic N) is 2. The van der Waals surface area contributed by atoms with Crippen LogP contribution in [0.3, 0.4) is 0 Å². The molecular weight excluding hydrogens is 368 g/mol. The van der Waals surface area contributed by atoms with Gasteiger partial charge in [0, 0.05) is 33.5 Å². The van der Waals surface area contributed by atoms with E-state index in [-0.39, 0.29) is 5.41 Å². The summed E-state index contributed by atoms with van der Waals surface area (Å²) < 4.78 is 6.42. The van der Waals surface area contributed by atoms with Crippen LogP contribution in [0.5, 0.6) is 0 Å². The van der Waals surface area contributed by atoms with E-state index in [1.165, 1.54) is 16.7 Å². The molecular formula is C27H22N2O. The van der Waals surface area contributed by atoms with Gasteiger partial charge in [0.05, 0.1) is 11.4 Å². The normalized spacial score (nSPS) is 14.3. The smallest absolute Gasteiger partial charge is 0.227 e. The van der Waals surface area contributed by atoms with Crippen molar-refractivity contribution in [3.63, 3.8) is 0 Å². The molecule has 2 aromatic carbocycles. The van der Waals surface area contributed by atoms with E-state index in [4.69, 9.17) is 9.40 Å². The van der Waals surface area contributed by atoms with Gasteiger partial charge >= 0.3 is 0 Å². The van der Waals surface area contributed by atoms with Crippen molar-refractivity contribution in [1.82, 2.24) is 9.97 Å². The monoisotopic (exact) mass is 390 g/mol. The van der Waals surface area contributed by atoms with Gasteiger partial charge in [0.2, 0.25) is 5.71 Å². The summed E-state index contributed by atoms with van der Waals surface area (Å²) in [7, 11) is 0. The van der Waals surface area contributed by atoms with Crippen LogP contribution in [0.25, 0.3) is 44.5 Å². The number of rotatable bonds is 1. The third kappa shape index (κ3) is 2.20. The highest BCUT2D eigenvalue weighted by atomic mass is 16.3. The molecule has 0 bridgehead atoms. The van der Waals surface area contributed by atoms with E-state index < -0.39 is 0 Å². The standard InChI is InChI=1S/C27H22N2O/c1-15-9-12-22(28-14-15)23-16(2)10-11-18-20-13-19-17-7-5-6-8-21(17)27(3,4)25(19)29-26(20)30-24(18)23/h5-14H,1-4H3. The van der Waals surface area contributed by atoms with Gasteiger partial charge in [-0.1, -0.05) is 56.3 Å². The molecule has 3 heterocycles. The molecule has 0 saturated heterocycles. The molecule has 3 aromatic heterocycles. The van der Waals surface area contributed by atoms with Crippen molar-refractivity contribution in [3.05, 3.63) is 83.2 Å². The summed E-state index contributed by atoms with van der Waals surface area (Å²) in [5, 5.41) is 2.15. The summed E-state index contributed by atoms with van der Waals surface area (Å²) in [6.45, 7) is 8.64. The molecule has 0 spiro atoms. The minimum absolute atomic E-state index is 0.143. The second-order valence-electron chi connectivity index (χ2n) is 8.86. The molecule has 0 N–H and O–H groups in total. The molecule has 3 nitrogen and oxygen atoms in total. The fourth-order valence-corrected chi connectivity index (χ4v) is 4.87. The molecule has 0 fully saturated rings. The summed E-state index contributed by atoms with van der Waals surface area (Å²) >= 11 is 0. The van der Waals surface area contributed by atoms with Crippen LogP contribution in [0.2, 0.25) is 0 Å². The third-order valence-corrected chi connectivity index (χ3v) is 6.49. The first kappa shape index (κ1) is 17.4. The van der Waals surface area contributed by atoms with Gasteiger partial charge in [-0.2, -0.15) is 0 Å². The Morgan fingerprint density at radius 1 is 0.867 bits per heavy atom. The van der Waals surface area contributed by atoms with E-state index in [0.29, 0.717) is 5.71 Å². The van der Waals surface area contributed by atoms with Crippen molar-refractivity contribution in [2.75, 3.05) is 0 Å². The van der Waals surface area contributed by atoms with Gasteiger partial charge in [0.25, 0.3) is 0 Å². The van der Waals surface area contributed by atoms with Crippen molar-refractivity contribution in [2.24, 2.45) is 0 Å². The predicted octanol–water partition coefficient (Wildman–Crippen LogP) is 6.97. The second-order valence-corrected chi connectivity index (χ2v) is 8.86. The largest absolute Gasteiger partial charge is 0.437 e. The quantitative estimate of drug-likeness (QED) is 0.310. The number of pyridine rings is 2. The van der Waals surface area contributed by atoms with Crippen molar-refractivity contribution in [3.8, 4) is 22.4 Å². The summed E-state index contributed by atoms with van der Waals surface area (Å²) in [5.41, 5.74) is 10.6. The van der Waals surface area contributed by atoms with Crippen LogP contribution >= 0.6 is 0 Å². The van der Waals surface area contributed by atoms with Crippen molar-refractivity contribution >= 4 is 22.1 Å². The first-order valence-corrected chi connectivity index (χ1v) is 10.4. The molecule has 0 radical (unpaired) electrons. The van der Waals surface area contributed by atoms with Crippen LogP contribution in [-0.4, -0.2) is 9.97 Å². The van der Waals surface area contributed by atoms with Gasteiger partial charge in [-0.05, 0) is 48.2 Å². The Hall–Kier alpha value is -3.46. The first-order valence-electron chi connectivity index (χ1n) is 10.4. The topological polar surface area (TPSA) is 38.9 Å². The zero-order valence-electron chi connectivity index (χ0n) is 17.6. The molecule has 5 aromatic rings. The average Bonchev–Trinajstić information content (AvgIpc) is 3.21. The first-order chi connectivity index (χ1) is 14.4. The number of hydrogen-bond donors (Lipinski definition) is 0. The summed E-state index contributed by atoms with van der Waals surface area (Å²) in [6, 6.07) is 19.3. The van der Waals surface area contributed by atoms with Gasteiger partial charge in [-0.25, -0.2) is 4.98 Å². The lowest BCUT2D eigenvalue weighted by Crippen LogP contribution is -2.16. The Bertz CT molecular complexity index is 1470. The maximum Gasteiger partial charge on any atom is 0.227 e. The lowest BCUT2D eigenvalue weighted by atomic mass is 9.85. The highest BCUT2D eigenvalue weighted by Crippen LogP contribution is 2.49. The molecule has 30 heavy (non-hydrogen) atoms. The SMILES string of the molecule is Cc1ccc(-c2c(C)ccc3c2oc2nc4c(cc23)-c2ccccc2C4(C)C)nc1. The second kappa shape index (κ2) is 5.79. The summed E-state index contributed by atoms with van der Waals surface area (Å²) in [5.74, 6) is 0. The molecule has 0 atom stereocenters. The summed E-state index contributed by atoms with van der Waals surface area (Å²) in [6.07, 6.45) is 1.91. The molecule has 0 aliphatic heterocycles.